The van der Waals surface area contributed by atoms with Crippen LogP contribution in [-0.4, -0.2) is 0 Å². The van der Waals surface area contributed by atoms with Crippen LogP contribution in [0, 0.1) is 0 Å². The molecule has 1 aliphatic rings. The first-order valence-electron chi connectivity index (χ1n) is 18.2. The fraction of sp³-hybridized carbons (Fsp3) is 0.0400. The smallest absolute Gasteiger partial charge is 0.159 e. The molecule has 0 bridgehead atoms. The van der Waals surface area contributed by atoms with Gasteiger partial charge in [-0.15, -0.1) is 11.3 Å². The van der Waals surface area contributed by atoms with E-state index < -0.39 is 0 Å². The van der Waals surface area contributed by atoms with E-state index in [-0.39, 0.29) is 5.41 Å². The highest BCUT2D eigenvalue weighted by Gasteiger charge is 2.41. The standard InChI is InChI=1S/C50H33NOS/c1-50(42-21-9-5-16-36(42)37-17-6-10-22-43(37)50)34-30-41-38-18-7-11-24-46(38)52-48(41)45(31-34)51(35-28-26-33(27-29-35)32-14-3-2-4-15-32)44-23-13-20-40-39-19-8-12-25-47(39)53-49(40)44/h2-31H,1H3. The molecule has 2 aromatic heterocycles. The number of hydrogen-bond acceptors (Lipinski definition) is 3. The molecule has 0 unspecified atom stereocenters. The number of thiophene rings is 1. The predicted octanol–water partition coefficient (Wildman–Crippen LogP) is 14.4. The van der Waals surface area contributed by atoms with E-state index in [0.717, 1.165) is 39.0 Å². The van der Waals surface area contributed by atoms with Gasteiger partial charge < -0.3 is 9.32 Å². The molecule has 0 fully saturated rings. The van der Waals surface area contributed by atoms with Crippen molar-refractivity contribution >= 4 is 70.5 Å². The Labute approximate surface area is 311 Å². The Morgan fingerprint density at radius 1 is 0.491 bits per heavy atom. The normalized spacial score (nSPS) is 13.2. The summed E-state index contributed by atoms with van der Waals surface area (Å²) in [4.78, 5) is 2.44. The van der Waals surface area contributed by atoms with E-state index in [1.54, 1.807) is 0 Å². The van der Waals surface area contributed by atoms with Crippen LogP contribution in [0.25, 0.3) is 64.4 Å². The van der Waals surface area contributed by atoms with E-state index in [4.69, 9.17) is 4.42 Å². The number of hydrogen-bond donors (Lipinski definition) is 0. The molecule has 0 spiro atoms. The van der Waals surface area contributed by atoms with Gasteiger partial charge in [0.2, 0.25) is 0 Å². The monoisotopic (exact) mass is 695 g/mol. The number of fused-ring (bicyclic) bond motifs is 9. The lowest BCUT2D eigenvalue weighted by Gasteiger charge is -2.31. The summed E-state index contributed by atoms with van der Waals surface area (Å²) in [6.45, 7) is 2.40. The summed E-state index contributed by atoms with van der Waals surface area (Å²) >= 11 is 1.85. The Kier molecular flexibility index (Phi) is 6.58. The highest BCUT2D eigenvalue weighted by atomic mass is 32.1. The predicted molar refractivity (Wildman–Crippen MR) is 224 cm³/mol. The van der Waals surface area contributed by atoms with E-state index in [1.807, 2.05) is 11.3 Å². The molecule has 0 radical (unpaired) electrons. The van der Waals surface area contributed by atoms with Gasteiger partial charge in [-0.05, 0) is 88.3 Å². The Bertz CT molecular complexity index is 2980. The number of furan rings is 1. The molecular weight excluding hydrogens is 663 g/mol. The summed E-state index contributed by atoms with van der Waals surface area (Å²) in [7, 11) is 0. The van der Waals surface area contributed by atoms with Crippen LogP contribution in [0.5, 0.6) is 0 Å². The lowest BCUT2D eigenvalue weighted by molar-refractivity contribution is 0.667. The molecule has 3 heteroatoms. The van der Waals surface area contributed by atoms with Gasteiger partial charge in [0.15, 0.2) is 5.58 Å². The van der Waals surface area contributed by atoms with Crippen LogP contribution in [0.3, 0.4) is 0 Å². The number of rotatable bonds is 5. The van der Waals surface area contributed by atoms with Gasteiger partial charge in [-0.3, -0.25) is 0 Å². The molecule has 11 rings (SSSR count). The van der Waals surface area contributed by atoms with Gasteiger partial charge in [-0.1, -0.05) is 140 Å². The highest BCUT2D eigenvalue weighted by Crippen LogP contribution is 2.55. The third kappa shape index (κ3) is 4.44. The molecule has 250 valence electrons. The molecule has 10 aromatic rings. The third-order valence-corrected chi connectivity index (χ3v) is 12.6. The molecule has 0 atom stereocenters. The van der Waals surface area contributed by atoms with Crippen LogP contribution in [0.4, 0.5) is 17.1 Å². The van der Waals surface area contributed by atoms with E-state index in [1.165, 1.54) is 59.1 Å². The van der Waals surface area contributed by atoms with Crippen LogP contribution in [-0.2, 0) is 5.41 Å². The van der Waals surface area contributed by atoms with Gasteiger partial charge in [0, 0.05) is 37.3 Å². The van der Waals surface area contributed by atoms with Crippen molar-refractivity contribution < 1.29 is 4.42 Å². The van der Waals surface area contributed by atoms with Crippen LogP contribution in [0.2, 0.25) is 0 Å². The maximum absolute atomic E-state index is 6.92. The molecule has 2 heterocycles. The number of para-hydroxylation sites is 1. The Hall–Kier alpha value is -6.42. The minimum atomic E-state index is -0.388. The fourth-order valence-corrected chi connectivity index (χ4v) is 9.98. The summed E-state index contributed by atoms with van der Waals surface area (Å²) in [5.74, 6) is 0. The van der Waals surface area contributed by atoms with Gasteiger partial charge in [-0.25, -0.2) is 0 Å². The third-order valence-electron chi connectivity index (χ3n) is 11.4. The summed E-state index contributed by atoms with van der Waals surface area (Å²) < 4.78 is 9.45. The van der Waals surface area contributed by atoms with Crippen molar-refractivity contribution in [1.82, 2.24) is 0 Å². The van der Waals surface area contributed by atoms with Crippen LogP contribution >= 0.6 is 11.3 Å². The second-order valence-corrected chi connectivity index (χ2v) is 15.2. The SMILES string of the molecule is CC1(c2cc(N(c3ccc(-c4ccccc4)cc3)c3cccc4c3sc3ccccc34)c3oc4ccccc4c3c2)c2ccccc2-c2ccccc21. The maximum Gasteiger partial charge on any atom is 0.159 e. The van der Waals surface area contributed by atoms with Gasteiger partial charge in [0.05, 0.1) is 16.1 Å². The first kappa shape index (κ1) is 30.2. The van der Waals surface area contributed by atoms with Crippen molar-refractivity contribution in [2.45, 2.75) is 12.3 Å². The largest absolute Gasteiger partial charge is 0.454 e. The zero-order chi connectivity index (χ0) is 35.1. The summed E-state index contributed by atoms with van der Waals surface area (Å²) in [6.07, 6.45) is 0. The van der Waals surface area contributed by atoms with Crippen molar-refractivity contribution in [2.24, 2.45) is 0 Å². The van der Waals surface area contributed by atoms with E-state index in [0.29, 0.717) is 0 Å². The van der Waals surface area contributed by atoms with E-state index in [2.05, 4.69) is 194 Å². The molecule has 8 aromatic carbocycles. The summed E-state index contributed by atoms with van der Waals surface area (Å²) in [6, 6.07) is 66.2. The second kappa shape index (κ2) is 11.5. The molecule has 53 heavy (non-hydrogen) atoms. The number of anilines is 3. The molecule has 0 saturated carbocycles. The van der Waals surface area contributed by atoms with Gasteiger partial charge >= 0.3 is 0 Å². The Morgan fingerprint density at radius 3 is 1.89 bits per heavy atom. The van der Waals surface area contributed by atoms with Crippen molar-refractivity contribution in [3.8, 4) is 22.3 Å². The van der Waals surface area contributed by atoms with Crippen LogP contribution < -0.4 is 4.90 Å². The van der Waals surface area contributed by atoms with Gasteiger partial charge in [0.1, 0.15) is 5.58 Å². The summed E-state index contributed by atoms with van der Waals surface area (Å²) in [5.41, 5.74) is 13.5. The molecule has 0 amide bonds. The fourth-order valence-electron chi connectivity index (χ4n) is 8.78. The van der Waals surface area contributed by atoms with Crippen molar-refractivity contribution in [3.63, 3.8) is 0 Å². The average molecular weight is 696 g/mol. The topological polar surface area (TPSA) is 16.4 Å². The first-order valence-corrected chi connectivity index (χ1v) is 19.0. The zero-order valence-corrected chi connectivity index (χ0v) is 29.9. The van der Waals surface area contributed by atoms with E-state index >= 15 is 0 Å². The average Bonchev–Trinajstić information content (AvgIpc) is 3.88. The quantitative estimate of drug-likeness (QED) is 0.178. The van der Waals surface area contributed by atoms with E-state index in [9.17, 15) is 0 Å². The van der Waals surface area contributed by atoms with Gasteiger partial charge in [-0.2, -0.15) is 0 Å². The molecule has 0 saturated heterocycles. The van der Waals surface area contributed by atoms with Crippen molar-refractivity contribution in [3.05, 3.63) is 199 Å². The minimum absolute atomic E-state index is 0.388. The van der Waals surface area contributed by atoms with Gasteiger partial charge in [0.25, 0.3) is 0 Å². The van der Waals surface area contributed by atoms with Crippen LogP contribution in [0.1, 0.15) is 23.6 Å². The molecule has 0 aliphatic heterocycles. The first-order chi connectivity index (χ1) is 26.2. The number of nitrogens with zero attached hydrogens (tertiary/aromatic N) is 1. The second-order valence-electron chi connectivity index (χ2n) is 14.2. The Balaban J connectivity index is 1.24. The highest BCUT2D eigenvalue weighted by molar-refractivity contribution is 7.26. The molecular formula is C50H33NOS. The number of benzene rings is 8. The maximum atomic E-state index is 6.92. The minimum Gasteiger partial charge on any atom is -0.454 e. The van der Waals surface area contributed by atoms with Crippen molar-refractivity contribution in [2.75, 3.05) is 4.90 Å². The van der Waals surface area contributed by atoms with Crippen molar-refractivity contribution in [1.29, 1.82) is 0 Å². The molecule has 2 nitrogen and oxygen atoms in total. The molecule has 0 N–H and O–H groups in total. The zero-order valence-electron chi connectivity index (χ0n) is 29.1. The Morgan fingerprint density at radius 2 is 1.11 bits per heavy atom. The lowest BCUT2D eigenvalue weighted by Crippen LogP contribution is -2.23. The lowest BCUT2D eigenvalue weighted by atomic mass is 9.73. The summed E-state index contributed by atoms with van der Waals surface area (Å²) in [5, 5.41) is 4.78. The van der Waals surface area contributed by atoms with Crippen LogP contribution in [0.15, 0.2) is 186 Å². The molecule has 1 aliphatic carbocycles.